The summed E-state index contributed by atoms with van der Waals surface area (Å²) in [6.45, 7) is 0. The Bertz CT molecular complexity index is 753. The molecule has 3 aromatic rings. The van der Waals surface area contributed by atoms with Crippen molar-refractivity contribution < 1.29 is 4.39 Å². The highest BCUT2D eigenvalue weighted by atomic mass is 32.1. The summed E-state index contributed by atoms with van der Waals surface area (Å²) >= 11 is 1.69. The van der Waals surface area contributed by atoms with E-state index in [0.29, 0.717) is 11.5 Å². The van der Waals surface area contributed by atoms with Gasteiger partial charge in [0.1, 0.15) is 12.1 Å². The molecule has 0 aliphatic carbocycles. The molecule has 1 N–H and O–H groups in total. The van der Waals surface area contributed by atoms with E-state index in [2.05, 4.69) is 26.8 Å². The summed E-state index contributed by atoms with van der Waals surface area (Å²) in [7, 11) is 0. The number of rotatable bonds is 2. The number of thiophene rings is 1. The van der Waals surface area contributed by atoms with Gasteiger partial charge in [-0.2, -0.15) is 10.1 Å². The molecule has 106 valence electrons. The van der Waals surface area contributed by atoms with Crippen LogP contribution in [0.2, 0.25) is 0 Å². The van der Waals surface area contributed by atoms with Gasteiger partial charge in [0.2, 0.25) is 5.95 Å². The fourth-order valence-electron chi connectivity index (χ4n) is 2.80. The van der Waals surface area contributed by atoms with Crippen molar-refractivity contribution >= 4 is 17.3 Å². The van der Waals surface area contributed by atoms with Crippen molar-refractivity contribution in [1.82, 2.24) is 14.8 Å². The molecule has 6 heteroatoms. The number of benzene rings is 1. The zero-order chi connectivity index (χ0) is 14.2. The zero-order valence-electron chi connectivity index (χ0n) is 11.1. The molecular formula is C15H13FN4S. The van der Waals surface area contributed by atoms with E-state index in [1.54, 1.807) is 22.1 Å². The third-order valence-electron chi connectivity index (χ3n) is 3.78. The Morgan fingerprint density at radius 3 is 2.95 bits per heavy atom. The molecule has 2 atom stereocenters. The molecule has 0 amide bonds. The summed E-state index contributed by atoms with van der Waals surface area (Å²) in [6.07, 6.45) is 2.25. The fourth-order valence-corrected chi connectivity index (χ4v) is 3.59. The standard InChI is InChI=1S/C15H13FN4S/c16-11-5-2-1-4-10(11)13-8-12(14-6-3-7-21-14)19-15-17-9-18-20(13)15/h1-7,9,12-13H,8H2,(H,17,18,19). The molecule has 4 nitrogen and oxygen atoms in total. The van der Waals surface area contributed by atoms with Gasteiger partial charge in [-0.1, -0.05) is 24.3 Å². The molecule has 0 bridgehead atoms. The van der Waals surface area contributed by atoms with Gasteiger partial charge in [0.15, 0.2) is 0 Å². The summed E-state index contributed by atoms with van der Waals surface area (Å²) in [5, 5.41) is 9.68. The average molecular weight is 300 g/mol. The molecule has 4 rings (SSSR count). The van der Waals surface area contributed by atoms with Crippen molar-refractivity contribution in [3.05, 3.63) is 64.4 Å². The van der Waals surface area contributed by atoms with E-state index in [1.807, 2.05) is 18.2 Å². The first-order valence-electron chi connectivity index (χ1n) is 6.77. The number of nitrogens with one attached hydrogen (secondary N) is 1. The monoisotopic (exact) mass is 300 g/mol. The van der Waals surface area contributed by atoms with Crippen molar-refractivity contribution in [3.63, 3.8) is 0 Å². The Hall–Kier alpha value is -2.21. The number of aromatic nitrogens is 3. The number of hydrogen-bond acceptors (Lipinski definition) is 4. The van der Waals surface area contributed by atoms with Crippen LogP contribution in [0.25, 0.3) is 0 Å². The van der Waals surface area contributed by atoms with Crippen molar-refractivity contribution in [3.8, 4) is 0 Å². The van der Waals surface area contributed by atoms with Crippen LogP contribution in [0, 0.1) is 5.82 Å². The fraction of sp³-hybridized carbons (Fsp3) is 0.200. The predicted molar refractivity (Wildman–Crippen MR) is 79.9 cm³/mol. The van der Waals surface area contributed by atoms with Gasteiger partial charge >= 0.3 is 0 Å². The topological polar surface area (TPSA) is 42.7 Å². The van der Waals surface area contributed by atoms with Gasteiger partial charge in [0.25, 0.3) is 0 Å². The van der Waals surface area contributed by atoms with Crippen LogP contribution in [0.5, 0.6) is 0 Å². The normalized spacial score (nSPS) is 20.8. The number of fused-ring (bicyclic) bond motifs is 1. The Labute approximate surface area is 125 Å². The third kappa shape index (κ3) is 2.12. The van der Waals surface area contributed by atoms with Crippen molar-refractivity contribution in [2.75, 3.05) is 5.32 Å². The van der Waals surface area contributed by atoms with Crippen LogP contribution in [0.15, 0.2) is 48.1 Å². The number of halogens is 1. The van der Waals surface area contributed by atoms with Gasteiger partial charge in [-0.15, -0.1) is 11.3 Å². The molecule has 21 heavy (non-hydrogen) atoms. The Balaban J connectivity index is 1.78. The minimum atomic E-state index is -0.198. The van der Waals surface area contributed by atoms with Crippen LogP contribution in [-0.2, 0) is 0 Å². The Morgan fingerprint density at radius 2 is 2.14 bits per heavy atom. The van der Waals surface area contributed by atoms with Gasteiger partial charge in [0, 0.05) is 10.4 Å². The maximum Gasteiger partial charge on any atom is 0.222 e. The quantitative estimate of drug-likeness (QED) is 0.786. The first-order chi connectivity index (χ1) is 10.3. The molecule has 0 spiro atoms. The minimum Gasteiger partial charge on any atom is -0.347 e. The number of anilines is 1. The second kappa shape index (κ2) is 4.96. The maximum absolute atomic E-state index is 14.2. The molecular weight excluding hydrogens is 287 g/mol. The van der Waals surface area contributed by atoms with Crippen molar-refractivity contribution in [1.29, 1.82) is 0 Å². The van der Waals surface area contributed by atoms with Crippen molar-refractivity contribution in [2.45, 2.75) is 18.5 Å². The van der Waals surface area contributed by atoms with E-state index in [9.17, 15) is 4.39 Å². The lowest BCUT2D eigenvalue weighted by Crippen LogP contribution is -2.28. The van der Waals surface area contributed by atoms with E-state index in [1.165, 1.54) is 17.3 Å². The molecule has 2 unspecified atom stereocenters. The summed E-state index contributed by atoms with van der Waals surface area (Å²) in [5.41, 5.74) is 0.660. The lowest BCUT2D eigenvalue weighted by atomic mass is 9.96. The number of hydrogen-bond donors (Lipinski definition) is 1. The largest absolute Gasteiger partial charge is 0.347 e. The summed E-state index contributed by atoms with van der Waals surface area (Å²) < 4.78 is 15.9. The molecule has 0 fully saturated rings. The lowest BCUT2D eigenvalue weighted by molar-refractivity contribution is 0.418. The zero-order valence-corrected chi connectivity index (χ0v) is 11.9. The van der Waals surface area contributed by atoms with Gasteiger partial charge in [-0.05, 0) is 23.9 Å². The number of nitrogens with zero attached hydrogens (tertiary/aromatic N) is 3. The van der Waals surface area contributed by atoms with Crippen LogP contribution >= 0.6 is 11.3 Å². The molecule has 0 radical (unpaired) electrons. The Morgan fingerprint density at radius 1 is 1.24 bits per heavy atom. The van der Waals surface area contributed by atoms with Gasteiger partial charge in [-0.25, -0.2) is 9.07 Å². The summed E-state index contributed by atoms with van der Waals surface area (Å²) in [4.78, 5) is 5.47. The van der Waals surface area contributed by atoms with E-state index >= 15 is 0 Å². The molecule has 1 aliphatic heterocycles. The smallest absolute Gasteiger partial charge is 0.222 e. The lowest BCUT2D eigenvalue weighted by Gasteiger charge is -2.31. The van der Waals surface area contributed by atoms with Crippen LogP contribution < -0.4 is 5.32 Å². The SMILES string of the molecule is Fc1ccccc1C1CC(c2cccs2)Nc2ncnn21. The predicted octanol–water partition coefficient (Wildman–Crippen LogP) is 3.63. The van der Waals surface area contributed by atoms with Crippen LogP contribution in [-0.4, -0.2) is 14.8 Å². The molecule has 0 saturated heterocycles. The third-order valence-corrected chi connectivity index (χ3v) is 4.77. The summed E-state index contributed by atoms with van der Waals surface area (Å²) in [5.74, 6) is 0.490. The highest BCUT2D eigenvalue weighted by Gasteiger charge is 2.31. The van der Waals surface area contributed by atoms with Gasteiger partial charge in [-0.3, -0.25) is 0 Å². The Kier molecular flexibility index (Phi) is 2.96. The first kappa shape index (κ1) is 12.5. The second-order valence-electron chi connectivity index (χ2n) is 5.01. The van der Waals surface area contributed by atoms with E-state index < -0.39 is 0 Å². The first-order valence-corrected chi connectivity index (χ1v) is 7.65. The van der Waals surface area contributed by atoms with E-state index in [-0.39, 0.29) is 17.9 Å². The molecule has 0 saturated carbocycles. The molecule has 1 aromatic carbocycles. The van der Waals surface area contributed by atoms with Crippen LogP contribution in [0.3, 0.4) is 0 Å². The molecule has 2 aromatic heterocycles. The van der Waals surface area contributed by atoms with E-state index in [0.717, 1.165) is 6.42 Å². The minimum absolute atomic E-state index is 0.131. The van der Waals surface area contributed by atoms with E-state index in [4.69, 9.17) is 0 Å². The molecule has 1 aliphatic rings. The second-order valence-corrected chi connectivity index (χ2v) is 5.99. The maximum atomic E-state index is 14.2. The van der Waals surface area contributed by atoms with Crippen LogP contribution in [0.4, 0.5) is 10.3 Å². The molecule has 3 heterocycles. The van der Waals surface area contributed by atoms with Gasteiger partial charge in [0.05, 0.1) is 12.1 Å². The summed E-state index contributed by atoms with van der Waals surface area (Å²) in [6, 6.07) is 11.0. The highest BCUT2D eigenvalue weighted by molar-refractivity contribution is 7.10. The van der Waals surface area contributed by atoms with Crippen LogP contribution in [0.1, 0.15) is 28.9 Å². The highest BCUT2D eigenvalue weighted by Crippen LogP contribution is 2.39. The van der Waals surface area contributed by atoms with Gasteiger partial charge < -0.3 is 5.32 Å². The van der Waals surface area contributed by atoms with Crippen molar-refractivity contribution in [2.24, 2.45) is 0 Å². The average Bonchev–Trinajstić information content (AvgIpc) is 3.18.